The summed E-state index contributed by atoms with van der Waals surface area (Å²) in [6.45, 7) is -0.162. The minimum atomic E-state index is -3.80. The van der Waals surface area contributed by atoms with Crippen molar-refractivity contribution in [3.05, 3.63) is 89.7 Å². The number of hydrogen-bond acceptors (Lipinski definition) is 4. The van der Waals surface area contributed by atoms with Crippen molar-refractivity contribution < 1.29 is 22.3 Å². The first-order valence-corrected chi connectivity index (χ1v) is 9.90. The number of sulfonamides is 1. The average Bonchev–Trinajstić information content (AvgIpc) is 2.72. The standard InChI is InChI=1S/C21H18FNO4S/c1-27-21(24)18-11-15(12-19(22)13-18)14-23-28(25,26)20-9-7-17(8-10-20)16-5-3-2-4-6-16/h2-13,23H,14H2,1H3. The summed E-state index contributed by atoms with van der Waals surface area (Å²) < 4.78 is 45.7. The summed E-state index contributed by atoms with van der Waals surface area (Å²) in [6.07, 6.45) is 0. The van der Waals surface area contributed by atoms with E-state index in [-0.39, 0.29) is 17.0 Å². The van der Waals surface area contributed by atoms with Crippen LogP contribution in [0.1, 0.15) is 15.9 Å². The van der Waals surface area contributed by atoms with Crippen molar-refractivity contribution >= 4 is 16.0 Å². The fraction of sp³-hybridized carbons (Fsp3) is 0.0952. The zero-order chi connectivity index (χ0) is 20.1. The van der Waals surface area contributed by atoms with E-state index in [2.05, 4.69) is 9.46 Å². The molecular weight excluding hydrogens is 381 g/mol. The molecule has 144 valence electrons. The highest BCUT2D eigenvalue weighted by molar-refractivity contribution is 7.89. The lowest BCUT2D eigenvalue weighted by Gasteiger charge is -2.09. The molecule has 0 spiro atoms. The molecular formula is C21H18FNO4S. The molecule has 28 heavy (non-hydrogen) atoms. The maximum absolute atomic E-state index is 13.7. The first kappa shape index (κ1) is 19.7. The molecule has 0 aliphatic carbocycles. The van der Waals surface area contributed by atoms with Crippen LogP contribution in [0.4, 0.5) is 4.39 Å². The van der Waals surface area contributed by atoms with E-state index in [0.29, 0.717) is 5.56 Å². The van der Waals surface area contributed by atoms with Crippen LogP contribution < -0.4 is 4.72 Å². The third kappa shape index (κ3) is 4.62. The number of carbonyl (C=O) groups is 1. The van der Waals surface area contributed by atoms with Gasteiger partial charge in [-0.2, -0.15) is 0 Å². The Labute approximate surface area is 162 Å². The lowest BCUT2D eigenvalue weighted by atomic mass is 10.1. The molecule has 0 heterocycles. The smallest absolute Gasteiger partial charge is 0.337 e. The molecule has 0 saturated heterocycles. The molecule has 3 aromatic rings. The van der Waals surface area contributed by atoms with Gasteiger partial charge in [0.15, 0.2) is 0 Å². The number of ether oxygens (including phenoxy) is 1. The van der Waals surface area contributed by atoms with E-state index < -0.39 is 21.8 Å². The Morgan fingerprint density at radius 1 is 0.964 bits per heavy atom. The molecule has 5 nitrogen and oxygen atoms in total. The van der Waals surface area contributed by atoms with Crippen LogP contribution in [0.5, 0.6) is 0 Å². The topological polar surface area (TPSA) is 72.5 Å². The van der Waals surface area contributed by atoms with Crippen molar-refractivity contribution in [2.75, 3.05) is 7.11 Å². The van der Waals surface area contributed by atoms with Gasteiger partial charge in [0.25, 0.3) is 0 Å². The van der Waals surface area contributed by atoms with Gasteiger partial charge in [0, 0.05) is 6.54 Å². The van der Waals surface area contributed by atoms with Gasteiger partial charge >= 0.3 is 5.97 Å². The largest absolute Gasteiger partial charge is 0.465 e. The highest BCUT2D eigenvalue weighted by Gasteiger charge is 2.15. The van der Waals surface area contributed by atoms with E-state index in [0.717, 1.165) is 23.3 Å². The summed E-state index contributed by atoms with van der Waals surface area (Å²) in [6, 6.07) is 19.6. The molecule has 0 bridgehead atoms. The average molecular weight is 399 g/mol. The summed E-state index contributed by atoms with van der Waals surface area (Å²) in [5, 5.41) is 0. The van der Waals surface area contributed by atoms with Crippen molar-refractivity contribution in [2.45, 2.75) is 11.4 Å². The van der Waals surface area contributed by atoms with Gasteiger partial charge in [0.05, 0.1) is 17.6 Å². The molecule has 0 unspecified atom stereocenters. The molecule has 0 radical (unpaired) electrons. The maximum atomic E-state index is 13.7. The van der Waals surface area contributed by atoms with Gasteiger partial charge in [-0.3, -0.25) is 0 Å². The Hall–Kier alpha value is -3.03. The minimum Gasteiger partial charge on any atom is -0.465 e. The van der Waals surface area contributed by atoms with Gasteiger partial charge in [0.2, 0.25) is 10.0 Å². The number of hydrogen-bond donors (Lipinski definition) is 1. The van der Waals surface area contributed by atoms with Crippen LogP contribution in [0.2, 0.25) is 0 Å². The van der Waals surface area contributed by atoms with E-state index in [4.69, 9.17) is 0 Å². The van der Waals surface area contributed by atoms with Gasteiger partial charge in [0.1, 0.15) is 5.82 Å². The van der Waals surface area contributed by atoms with Crippen LogP contribution in [0.3, 0.4) is 0 Å². The lowest BCUT2D eigenvalue weighted by molar-refractivity contribution is 0.0600. The van der Waals surface area contributed by atoms with E-state index in [1.54, 1.807) is 12.1 Å². The van der Waals surface area contributed by atoms with Crippen LogP contribution >= 0.6 is 0 Å². The normalized spacial score (nSPS) is 11.2. The van der Waals surface area contributed by atoms with Crippen LogP contribution in [0.15, 0.2) is 77.7 Å². The Morgan fingerprint density at radius 2 is 1.61 bits per heavy atom. The zero-order valence-corrected chi connectivity index (χ0v) is 15.9. The number of nitrogens with one attached hydrogen (secondary N) is 1. The van der Waals surface area contributed by atoms with Gasteiger partial charge < -0.3 is 4.74 Å². The molecule has 1 N–H and O–H groups in total. The summed E-state index contributed by atoms with van der Waals surface area (Å²) in [5.41, 5.74) is 2.20. The maximum Gasteiger partial charge on any atom is 0.337 e. The van der Waals surface area contributed by atoms with Crippen molar-refractivity contribution in [1.29, 1.82) is 0 Å². The predicted octanol–water partition coefficient (Wildman–Crippen LogP) is 3.76. The van der Waals surface area contributed by atoms with Gasteiger partial charge in [-0.25, -0.2) is 22.3 Å². The van der Waals surface area contributed by atoms with Crippen molar-refractivity contribution in [1.82, 2.24) is 4.72 Å². The monoisotopic (exact) mass is 399 g/mol. The fourth-order valence-electron chi connectivity index (χ4n) is 2.71. The molecule has 0 amide bonds. The number of carbonyl (C=O) groups excluding carboxylic acids is 1. The number of benzene rings is 3. The fourth-order valence-corrected chi connectivity index (χ4v) is 3.72. The van der Waals surface area contributed by atoms with Gasteiger partial charge in [-0.15, -0.1) is 0 Å². The quantitative estimate of drug-likeness (QED) is 0.641. The number of rotatable bonds is 6. The molecule has 0 aromatic heterocycles. The first-order chi connectivity index (χ1) is 13.4. The van der Waals surface area contributed by atoms with Crippen LogP contribution in [0, 0.1) is 5.82 Å². The Kier molecular flexibility index (Phi) is 5.87. The SMILES string of the molecule is COC(=O)c1cc(F)cc(CNS(=O)(=O)c2ccc(-c3ccccc3)cc2)c1. The summed E-state index contributed by atoms with van der Waals surface area (Å²) >= 11 is 0. The predicted molar refractivity (Wildman–Crippen MR) is 104 cm³/mol. The second kappa shape index (κ2) is 8.33. The molecule has 3 rings (SSSR count). The van der Waals surface area contributed by atoms with Crippen molar-refractivity contribution in [3.8, 4) is 11.1 Å². The summed E-state index contributed by atoms with van der Waals surface area (Å²) in [5.74, 6) is -1.34. The van der Waals surface area contributed by atoms with E-state index >= 15 is 0 Å². The number of halogens is 1. The molecule has 0 saturated carbocycles. The Bertz CT molecular complexity index is 1080. The van der Waals surface area contributed by atoms with Gasteiger partial charge in [-0.1, -0.05) is 42.5 Å². The Morgan fingerprint density at radius 3 is 2.25 bits per heavy atom. The van der Waals surface area contributed by atoms with E-state index in [9.17, 15) is 17.6 Å². The second-order valence-electron chi connectivity index (χ2n) is 6.05. The molecule has 0 atom stereocenters. The molecule has 7 heteroatoms. The molecule has 0 fully saturated rings. The lowest BCUT2D eigenvalue weighted by Crippen LogP contribution is -2.23. The molecule has 0 aliphatic heterocycles. The Balaban J connectivity index is 1.76. The minimum absolute atomic E-state index is 0.0175. The molecule has 0 aliphatic rings. The van der Waals surface area contributed by atoms with E-state index in [1.165, 1.54) is 25.3 Å². The number of methoxy groups -OCH3 is 1. The second-order valence-corrected chi connectivity index (χ2v) is 7.82. The molecule has 3 aromatic carbocycles. The van der Waals surface area contributed by atoms with Crippen LogP contribution in [-0.2, 0) is 21.3 Å². The highest BCUT2D eigenvalue weighted by Crippen LogP contribution is 2.21. The third-order valence-corrected chi connectivity index (χ3v) is 5.53. The first-order valence-electron chi connectivity index (χ1n) is 8.42. The summed E-state index contributed by atoms with van der Waals surface area (Å²) in [7, 11) is -2.61. The van der Waals surface area contributed by atoms with Crippen LogP contribution in [0.25, 0.3) is 11.1 Å². The summed E-state index contributed by atoms with van der Waals surface area (Å²) in [4.78, 5) is 11.7. The number of esters is 1. The van der Waals surface area contributed by atoms with Gasteiger partial charge in [-0.05, 0) is 47.0 Å². The van der Waals surface area contributed by atoms with E-state index in [1.807, 2.05) is 30.3 Å². The van der Waals surface area contributed by atoms with Crippen molar-refractivity contribution in [2.24, 2.45) is 0 Å². The third-order valence-electron chi connectivity index (χ3n) is 4.12. The van der Waals surface area contributed by atoms with Crippen LogP contribution in [-0.4, -0.2) is 21.5 Å². The zero-order valence-electron chi connectivity index (χ0n) is 15.1. The highest BCUT2D eigenvalue weighted by atomic mass is 32.2. The van der Waals surface area contributed by atoms with Crippen molar-refractivity contribution in [3.63, 3.8) is 0 Å².